The summed E-state index contributed by atoms with van der Waals surface area (Å²) in [6.07, 6.45) is 21.3. The molecule has 1 aliphatic carbocycles. The first-order chi connectivity index (χ1) is 7.38. The second kappa shape index (κ2) is 10.1. The highest BCUT2D eigenvalue weighted by Crippen LogP contribution is 2.36. The molecule has 1 saturated carbocycles. The summed E-state index contributed by atoms with van der Waals surface area (Å²) in [4.78, 5) is 0. The smallest absolute Gasteiger partial charge is 0.0386 e. The largest absolute Gasteiger partial charge is 0.124 e. The van der Waals surface area contributed by atoms with Crippen LogP contribution in [0.3, 0.4) is 0 Å². The molecule has 0 heteroatoms. The van der Waals surface area contributed by atoms with Crippen LogP contribution in [0.1, 0.15) is 71.6 Å². The van der Waals surface area contributed by atoms with Gasteiger partial charge in [-0.3, -0.25) is 0 Å². The van der Waals surface area contributed by atoms with Gasteiger partial charge in [-0.05, 0) is 11.8 Å². The van der Waals surface area contributed by atoms with Crippen molar-refractivity contribution in [3.05, 3.63) is 0 Å². The van der Waals surface area contributed by atoms with Crippen LogP contribution in [0.2, 0.25) is 0 Å². The Kier molecular flexibility index (Phi) is 9.79. The van der Waals surface area contributed by atoms with Gasteiger partial charge >= 0.3 is 0 Å². The summed E-state index contributed by atoms with van der Waals surface area (Å²) in [6.45, 7) is 4.66. The maximum absolute atomic E-state index is 4.00. The van der Waals surface area contributed by atoms with Gasteiger partial charge in [0.05, 0.1) is 0 Å². The summed E-state index contributed by atoms with van der Waals surface area (Å²) in [5, 5.41) is 0. The molecule has 0 aromatic carbocycles. The first-order valence-electron chi connectivity index (χ1n) is 6.71. The molecule has 0 bridgehead atoms. The molecule has 1 aliphatic rings. The molecule has 15 heavy (non-hydrogen) atoms. The third-order valence-electron chi connectivity index (χ3n) is 3.65. The normalized spacial score (nSPS) is 18.1. The van der Waals surface area contributed by atoms with E-state index in [1.165, 1.54) is 57.8 Å². The zero-order chi connectivity index (χ0) is 11.5. The molecule has 0 saturated heterocycles. The zero-order valence-corrected chi connectivity index (χ0v) is 10.7. The van der Waals surface area contributed by atoms with Crippen molar-refractivity contribution in [2.24, 2.45) is 11.8 Å². The van der Waals surface area contributed by atoms with Gasteiger partial charge in [0.15, 0.2) is 0 Å². The zero-order valence-electron chi connectivity index (χ0n) is 10.7. The highest BCUT2D eigenvalue weighted by Gasteiger charge is 2.23. The van der Waals surface area contributed by atoms with Gasteiger partial charge in [0, 0.05) is 0 Å². The van der Waals surface area contributed by atoms with Crippen LogP contribution in [0.15, 0.2) is 0 Å². The van der Waals surface area contributed by atoms with Crippen molar-refractivity contribution in [2.45, 2.75) is 71.6 Å². The van der Waals surface area contributed by atoms with Crippen LogP contribution in [0.4, 0.5) is 0 Å². The fraction of sp³-hybridized carbons (Fsp3) is 0.867. The Morgan fingerprint density at radius 1 is 1.00 bits per heavy atom. The predicted molar refractivity (Wildman–Crippen MR) is 69.8 cm³/mol. The quantitative estimate of drug-likeness (QED) is 0.537. The monoisotopic (exact) mass is 208 g/mol. The van der Waals surface area contributed by atoms with E-state index in [4.69, 9.17) is 0 Å². The lowest BCUT2D eigenvalue weighted by Gasteiger charge is -2.22. The van der Waals surface area contributed by atoms with Gasteiger partial charge < -0.3 is 0 Å². The summed E-state index contributed by atoms with van der Waals surface area (Å²) in [7, 11) is 0. The molecule has 0 unspecified atom stereocenters. The average molecular weight is 208 g/mol. The Morgan fingerprint density at radius 3 is 2.07 bits per heavy atom. The topological polar surface area (TPSA) is 0 Å². The van der Waals surface area contributed by atoms with Gasteiger partial charge in [0.1, 0.15) is 0 Å². The Hall–Kier alpha value is -0.440. The maximum atomic E-state index is 4.00. The molecule has 88 valence electrons. The first kappa shape index (κ1) is 14.6. The van der Waals surface area contributed by atoms with Crippen molar-refractivity contribution in [2.75, 3.05) is 0 Å². The molecule has 0 aliphatic heterocycles. The van der Waals surface area contributed by atoms with Gasteiger partial charge in [0.25, 0.3) is 0 Å². The molecule has 1 atom stereocenters. The van der Waals surface area contributed by atoms with Gasteiger partial charge in [-0.1, -0.05) is 71.6 Å². The lowest BCUT2D eigenvalue weighted by Crippen LogP contribution is -2.11. The highest BCUT2D eigenvalue weighted by atomic mass is 14.3. The van der Waals surface area contributed by atoms with E-state index in [1.807, 2.05) is 0 Å². The number of hydrogen-bond donors (Lipinski definition) is 0. The molecule has 0 nitrogen and oxygen atoms in total. The predicted octanol–water partition coefficient (Wildman–Crippen LogP) is 5.03. The van der Waals surface area contributed by atoms with E-state index < -0.39 is 0 Å². The Bertz CT molecular complexity index is 139. The minimum absolute atomic E-state index is 1.08. The fourth-order valence-corrected chi connectivity index (χ4v) is 2.88. The van der Waals surface area contributed by atoms with Crippen LogP contribution < -0.4 is 0 Å². The van der Waals surface area contributed by atoms with Crippen LogP contribution in [-0.4, -0.2) is 0 Å². The van der Waals surface area contributed by atoms with E-state index in [0.717, 1.165) is 11.8 Å². The van der Waals surface area contributed by atoms with Crippen molar-refractivity contribution < 1.29 is 0 Å². The highest BCUT2D eigenvalue weighted by molar-refractivity contribution is 4.75. The van der Waals surface area contributed by atoms with E-state index >= 15 is 0 Å². The molecular weight excluding hydrogens is 180 g/mol. The second-order valence-corrected chi connectivity index (χ2v) is 4.74. The molecule has 0 heterocycles. The summed E-state index contributed by atoms with van der Waals surface area (Å²) in [5.74, 6) is 2.18. The molecule has 0 aromatic rings. The van der Waals surface area contributed by atoms with Crippen molar-refractivity contribution in [3.8, 4) is 12.8 Å². The molecule has 0 spiro atoms. The van der Waals surface area contributed by atoms with E-state index in [1.54, 1.807) is 0 Å². The summed E-state index contributed by atoms with van der Waals surface area (Å²) < 4.78 is 0. The lowest BCUT2D eigenvalue weighted by atomic mass is 9.83. The standard InChI is InChI=1S/C13H26.C2H2/c1-3-5-9-12(8-4-2)13-10-6-7-11-13;1-2/h12-13H,3-11H2,1-2H3;1-2H/t12-;/m0./s1. The molecule has 0 radical (unpaired) electrons. The second-order valence-electron chi connectivity index (χ2n) is 4.74. The molecule has 0 aromatic heterocycles. The Balaban J connectivity index is 0.000000921. The van der Waals surface area contributed by atoms with Crippen LogP contribution in [0.5, 0.6) is 0 Å². The van der Waals surface area contributed by atoms with Gasteiger partial charge in [0.2, 0.25) is 0 Å². The van der Waals surface area contributed by atoms with Gasteiger partial charge in [-0.25, -0.2) is 0 Å². The molecular formula is C15H28. The third-order valence-corrected chi connectivity index (χ3v) is 3.65. The van der Waals surface area contributed by atoms with Crippen LogP contribution in [-0.2, 0) is 0 Å². The Morgan fingerprint density at radius 2 is 1.60 bits per heavy atom. The Labute approximate surface area is 96.8 Å². The minimum atomic E-state index is 1.08. The van der Waals surface area contributed by atoms with Crippen LogP contribution in [0, 0.1) is 24.7 Å². The molecule has 0 amide bonds. The lowest BCUT2D eigenvalue weighted by molar-refractivity contribution is 0.290. The van der Waals surface area contributed by atoms with E-state index in [9.17, 15) is 0 Å². The third kappa shape index (κ3) is 5.88. The molecule has 0 N–H and O–H groups in total. The van der Waals surface area contributed by atoms with Crippen molar-refractivity contribution in [1.29, 1.82) is 0 Å². The van der Waals surface area contributed by atoms with Crippen molar-refractivity contribution in [1.82, 2.24) is 0 Å². The first-order valence-corrected chi connectivity index (χ1v) is 6.71. The fourth-order valence-electron chi connectivity index (χ4n) is 2.88. The van der Waals surface area contributed by atoms with Crippen LogP contribution >= 0.6 is 0 Å². The summed E-state index contributed by atoms with van der Waals surface area (Å²) >= 11 is 0. The van der Waals surface area contributed by atoms with Crippen LogP contribution in [0.25, 0.3) is 0 Å². The number of unbranched alkanes of at least 4 members (excludes halogenated alkanes) is 1. The number of hydrogen-bond acceptors (Lipinski definition) is 0. The van der Waals surface area contributed by atoms with E-state index in [-0.39, 0.29) is 0 Å². The summed E-state index contributed by atoms with van der Waals surface area (Å²) in [5.41, 5.74) is 0. The number of rotatable bonds is 6. The van der Waals surface area contributed by atoms with Gasteiger partial charge in [-0.2, -0.15) is 0 Å². The average Bonchev–Trinajstić information content (AvgIpc) is 2.80. The molecule has 1 rings (SSSR count). The van der Waals surface area contributed by atoms with E-state index in [2.05, 4.69) is 26.7 Å². The molecule has 1 fully saturated rings. The minimum Gasteiger partial charge on any atom is -0.124 e. The summed E-state index contributed by atoms with van der Waals surface area (Å²) in [6, 6.07) is 0. The van der Waals surface area contributed by atoms with Gasteiger partial charge in [-0.15, -0.1) is 12.8 Å². The van der Waals surface area contributed by atoms with Crippen molar-refractivity contribution >= 4 is 0 Å². The van der Waals surface area contributed by atoms with Crippen molar-refractivity contribution in [3.63, 3.8) is 0 Å². The van der Waals surface area contributed by atoms with E-state index in [0.29, 0.717) is 0 Å². The SMILES string of the molecule is C#C.CCCC[C@H](CCC)C1CCCC1. The number of terminal acetylenes is 1. The maximum Gasteiger partial charge on any atom is -0.0386 e.